The molecule has 3 aliphatic rings. The molecule has 5 rings (SSSR count). The van der Waals surface area contributed by atoms with E-state index in [9.17, 15) is 0 Å². The molecule has 3 saturated heterocycles. The minimum atomic E-state index is -0.00627. The van der Waals surface area contributed by atoms with Crippen molar-refractivity contribution in [2.24, 2.45) is 0 Å². The van der Waals surface area contributed by atoms with E-state index in [1.54, 1.807) is 6.33 Å². The van der Waals surface area contributed by atoms with Crippen molar-refractivity contribution in [2.45, 2.75) is 43.6 Å². The molecular formula is C16H23N7O. The molecule has 3 fully saturated rings. The summed E-state index contributed by atoms with van der Waals surface area (Å²) < 4.78 is 8.32. The summed E-state index contributed by atoms with van der Waals surface area (Å²) in [4.78, 5) is 15.3. The normalized spacial score (nSPS) is 33.5. The van der Waals surface area contributed by atoms with E-state index in [1.807, 2.05) is 4.57 Å². The van der Waals surface area contributed by atoms with Crippen molar-refractivity contribution < 1.29 is 4.74 Å². The summed E-state index contributed by atoms with van der Waals surface area (Å²) in [7, 11) is 0. The first-order chi connectivity index (χ1) is 11.8. The lowest BCUT2D eigenvalue weighted by molar-refractivity contribution is -0.0641. The fourth-order valence-electron chi connectivity index (χ4n) is 4.44. The first kappa shape index (κ1) is 14.6. The summed E-state index contributed by atoms with van der Waals surface area (Å²) >= 11 is 0. The molecule has 5 heterocycles. The van der Waals surface area contributed by atoms with Crippen molar-refractivity contribution in [1.82, 2.24) is 29.7 Å². The SMILES string of the molecule is Nc1ncnc2c1ncn2[C@H]1CC[C@@H](CN2CCC23CCNC3)O1. The van der Waals surface area contributed by atoms with Crippen molar-refractivity contribution in [1.29, 1.82) is 0 Å². The highest BCUT2D eigenvalue weighted by Gasteiger charge is 2.47. The van der Waals surface area contributed by atoms with Gasteiger partial charge in [-0.05, 0) is 32.2 Å². The third-order valence-electron chi connectivity index (χ3n) is 5.95. The summed E-state index contributed by atoms with van der Waals surface area (Å²) in [6, 6.07) is 0. The third kappa shape index (κ3) is 2.13. The Morgan fingerprint density at radius 2 is 2.25 bits per heavy atom. The predicted molar refractivity (Wildman–Crippen MR) is 89.3 cm³/mol. The van der Waals surface area contributed by atoms with E-state index >= 15 is 0 Å². The molecule has 8 heteroatoms. The Morgan fingerprint density at radius 3 is 3.04 bits per heavy atom. The molecule has 0 aliphatic carbocycles. The lowest BCUT2D eigenvalue weighted by Gasteiger charge is -2.51. The standard InChI is InChI=1S/C16H23N7O/c17-14-13-15(20-9-19-14)23(10-21-13)12-2-1-11(24-12)7-22-6-4-16(22)3-5-18-8-16/h9-12,18H,1-8H2,(H2,17,19,20)/t11-,12+,16?/m0/s1. The van der Waals surface area contributed by atoms with E-state index in [2.05, 4.69) is 25.2 Å². The van der Waals surface area contributed by atoms with Gasteiger partial charge < -0.3 is 15.8 Å². The molecule has 0 saturated carbocycles. The molecule has 2 aromatic heterocycles. The molecule has 0 amide bonds. The molecule has 1 spiro atoms. The van der Waals surface area contributed by atoms with Crippen LogP contribution in [0.1, 0.15) is 31.9 Å². The molecule has 8 nitrogen and oxygen atoms in total. The van der Waals surface area contributed by atoms with Crippen molar-refractivity contribution in [3.8, 4) is 0 Å². The number of fused-ring (bicyclic) bond motifs is 1. The maximum atomic E-state index is 6.32. The zero-order valence-electron chi connectivity index (χ0n) is 13.7. The summed E-state index contributed by atoms with van der Waals surface area (Å²) in [6.45, 7) is 4.50. The van der Waals surface area contributed by atoms with Crippen LogP contribution in [0.5, 0.6) is 0 Å². The number of hydrogen-bond donors (Lipinski definition) is 2. The number of nitrogens with one attached hydrogen (secondary N) is 1. The van der Waals surface area contributed by atoms with Gasteiger partial charge in [-0.3, -0.25) is 9.47 Å². The van der Waals surface area contributed by atoms with Gasteiger partial charge in [0.15, 0.2) is 11.5 Å². The van der Waals surface area contributed by atoms with Crippen LogP contribution in [0, 0.1) is 0 Å². The lowest BCUT2D eigenvalue weighted by atomic mass is 9.83. The molecule has 128 valence electrons. The quantitative estimate of drug-likeness (QED) is 0.848. The maximum Gasteiger partial charge on any atom is 0.167 e. The molecule has 2 aromatic rings. The van der Waals surface area contributed by atoms with Crippen molar-refractivity contribution in [3.63, 3.8) is 0 Å². The predicted octanol–water partition coefficient (Wildman–Crippen LogP) is 0.524. The number of rotatable bonds is 3. The number of nitrogens with zero attached hydrogens (tertiary/aromatic N) is 5. The van der Waals surface area contributed by atoms with Gasteiger partial charge in [0.25, 0.3) is 0 Å². The zero-order chi connectivity index (χ0) is 16.1. The lowest BCUT2D eigenvalue weighted by Crippen LogP contribution is -2.62. The third-order valence-corrected chi connectivity index (χ3v) is 5.95. The van der Waals surface area contributed by atoms with E-state index in [1.165, 1.54) is 25.7 Å². The van der Waals surface area contributed by atoms with Crippen LogP contribution in [0.4, 0.5) is 5.82 Å². The van der Waals surface area contributed by atoms with Crippen LogP contribution in [0.2, 0.25) is 0 Å². The van der Waals surface area contributed by atoms with Gasteiger partial charge >= 0.3 is 0 Å². The van der Waals surface area contributed by atoms with Gasteiger partial charge in [0.1, 0.15) is 18.1 Å². The Labute approximate surface area is 140 Å². The summed E-state index contributed by atoms with van der Waals surface area (Å²) in [6.07, 6.45) is 8.18. The Balaban J connectivity index is 1.29. The minimum Gasteiger partial charge on any atom is -0.382 e. The van der Waals surface area contributed by atoms with Crippen molar-refractivity contribution in [2.75, 3.05) is 31.9 Å². The summed E-state index contributed by atoms with van der Waals surface area (Å²) in [5, 5.41) is 3.51. The van der Waals surface area contributed by atoms with Gasteiger partial charge in [0.05, 0.1) is 12.4 Å². The van der Waals surface area contributed by atoms with Crippen LogP contribution in [0.25, 0.3) is 11.2 Å². The van der Waals surface area contributed by atoms with Crippen LogP contribution in [-0.4, -0.2) is 62.2 Å². The molecular weight excluding hydrogens is 306 g/mol. The number of aromatic nitrogens is 4. The average molecular weight is 329 g/mol. The monoisotopic (exact) mass is 329 g/mol. The Bertz CT molecular complexity index is 754. The van der Waals surface area contributed by atoms with Crippen molar-refractivity contribution >= 4 is 17.0 Å². The number of nitrogen functional groups attached to an aromatic ring is 1. The second kappa shape index (κ2) is 5.37. The smallest absolute Gasteiger partial charge is 0.167 e. The fourth-order valence-corrected chi connectivity index (χ4v) is 4.44. The van der Waals surface area contributed by atoms with Gasteiger partial charge in [-0.25, -0.2) is 15.0 Å². The molecule has 1 unspecified atom stereocenters. The van der Waals surface area contributed by atoms with E-state index in [0.29, 0.717) is 16.9 Å². The first-order valence-corrected chi connectivity index (χ1v) is 8.79. The fraction of sp³-hybridized carbons (Fsp3) is 0.688. The highest BCUT2D eigenvalue weighted by atomic mass is 16.5. The summed E-state index contributed by atoms with van der Waals surface area (Å²) in [5.74, 6) is 0.421. The second-order valence-corrected chi connectivity index (χ2v) is 7.22. The topological polar surface area (TPSA) is 94.1 Å². The Kier molecular flexibility index (Phi) is 3.26. The van der Waals surface area contributed by atoms with Crippen molar-refractivity contribution in [3.05, 3.63) is 12.7 Å². The van der Waals surface area contributed by atoms with E-state index < -0.39 is 0 Å². The highest BCUT2D eigenvalue weighted by molar-refractivity contribution is 5.81. The molecule has 0 bridgehead atoms. The largest absolute Gasteiger partial charge is 0.382 e. The Hall–Kier alpha value is -1.77. The van der Waals surface area contributed by atoms with E-state index in [0.717, 1.165) is 38.1 Å². The number of likely N-dealkylation sites (tertiary alicyclic amines) is 1. The van der Waals surface area contributed by atoms with E-state index in [4.69, 9.17) is 10.5 Å². The number of hydrogen-bond acceptors (Lipinski definition) is 7. The molecule has 24 heavy (non-hydrogen) atoms. The van der Waals surface area contributed by atoms with Crippen LogP contribution in [0.3, 0.4) is 0 Å². The highest BCUT2D eigenvalue weighted by Crippen LogP contribution is 2.38. The molecule has 3 N–H and O–H groups in total. The van der Waals surface area contributed by atoms with Crippen LogP contribution in [-0.2, 0) is 4.74 Å². The Morgan fingerprint density at radius 1 is 1.29 bits per heavy atom. The van der Waals surface area contributed by atoms with Gasteiger partial charge in [0.2, 0.25) is 0 Å². The molecule has 3 aliphatic heterocycles. The molecule has 0 radical (unpaired) electrons. The van der Waals surface area contributed by atoms with Crippen LogP contribution in [0.15, 0.2) is 12.7 Å². The number of nitrogens with two attached hydrogens (primary N) is 1. The zero-order valence-corrected chi connectivity index (χ0v) is 13.7. The molecule has 3 atom stereocenters. The van der Waals surface area contributed by atoms with Crippen LogP contribution >= 0.6 is 0 Å². The molecule has 0 aromatic carbocycles. The first-order valence-electron chi connectivity index (χ1n) is 8.79. The maximum absolute atomic E-state index is 6.32. The van der Waals surface area contributed by atoms with E-state index in [-0.39, 0.29) is 12.3 Å². The second-order valence-electron chi connectivity index (χ2n) is 7.22. The minimum absolute atomic E-state index is 0.00627. The van der Waals surface area contributed by atoms with Gasteiger partial charge in [-0.2, -0.15) is 0 Å². The average Bonchev–Trinajstić information content (AvgIpc) is 3.30. The number of ether oxygens (including phenoxy) is 1. The summed E-state index contributed by atoms with van der Waals surface area (Å²) in [5.41, 5.74) is 7.69. The number of imidazole rings is 1. The van der Waals surface area contributed by atoms with Gasteiger partial charge in [-0.15, -0.1) is 0 Å². The number of anilines is 1. The van der Waals surface area contributed by atoms with Crippen LogP contribution < -0.4 is 11.1 Å². The van der Waals surface area contributed by atoms with Gasteiger partial charge in [0, 0.05) is 25.2 Å². The van der Waals surface area contributed by atoms with Gasteiger partial charge in [-0.1, -0.05) is 0 Å².